The molecule has 1 saturated heterocycles. The van der Waals surface area contributed by atoms with E-state index in [4.69, 9.17) is 5.11 Å². The molecular formula is C11H14N2O4S. The fraction of sp³-hybridized carbons (Fsp3) is 0.364. The lowest BCUT2D eigenvalue weighted by molar-refractivity contribution is 0.126. The van der Waals surface area contributed by atoms with Crippen LogP contribution in [0.2, 0.25) is 0 Å². The van der Waals surface area contributed by atoms with Crippen LogP contribution >= 0.6 is 0 Å². The molecule has 1 fully saturated rings. The smallest absolute Gasteiger partial charge is 0.407 e. The molecule has 1 aliphatic heterocycles. The van der Waals surface area contributed by atoms with Crippen LogP contribution in [-0.2, 0) is 10.0 Å². The number of carbonyl (C=O) groups is 1. The van der Waals surface area contributed by atoms with Crippen molar-refractivity contribution in [2.45, 2.75) is 4.90 Å². The van der Waals surface area contributed by atoms with Gasteiger partial charge in [-0.3, -0.25) is 0 Å². The van der Waals surface area contributed by atoms with Gasteiger partial charge in [0.25, 0.3) is 0 Å². The first-order chi connectivity index (χ1) is 8.51. The third kappa shape index (κ3) is 2.46. The minimum atomic E-state index is -3.50. The standard InChI is InChI=1S/C11H14N2O4S/c14-11(15)12-6-8-13(9-7-12)18(16,17)10-4-2-1-3-5-10/h1-5H,6-9H2,(H,14,15). The summed E-state index contributed by atoms with van der Waals surface area (Å²) in [5.41, 5.74) is 0. The van der Waals surface area contributed by atoms with E-state index in [0.29, 0.717) is 0 Å². The van der Waals surface area contributed by atoms with E-state index < -0.39 is 16.1 Å². The number of piperazine rings is 1. The average Bonchev–Trinajstić information content (AvgIpc) is 2.40. The van der Waals surface area contributed by atoms with E-state index in [2.05, 4.69) is 0 Å². The molecular weight excluding hydrogens is 256 g/mol. The summed E-state index contributed by atoms with van der Waals surface area (Å²) < 4.78 is 25.8. The molecule has 1 amide bonds. The summed E-state index contributed by atoms with van der Waals surface area (Å²) >= 11 is 0. The Morgan fingerprint density at radius 3 is 2.11 bits per heavy atom. The molecule has 0 bridgehead atoms. The predicted octanol–water partition coefficient (Wildman–Crippen LogP) is 0.671. The summed E-state index contributed by atoms with van der Waals surface area (Å²) in [6.07, 6.45) is -1.01. The van der Waals surface area contributed by atoms with Crippen LogP contribution < -0.4 is 0 Å². The highest BCUT2D eigenvalue weighted by atomic mass is 32.2. The molecule has 98 valence electrons. The number of carboxylic acid groups (broad SMARTS) is 1. The van der Waals surface area contributed by atoms with Crippen LogP contribution in [0.4, 0.5) is 4.79 Å². The van der Waals surface area contributed by atoms with Gasteiger partial charge in [0.15, 0.2) is 0 Å². The normalized spacial score (nSPS) is 17.7. The SMILES string of the molecule is O=C(O)N1CCN(S(=O)(=O)c2ccccc2)CC1. The molecule has 1 aliphatic rings. The first kappa shape index (κ1) is 12.8. The molecule has 1 N–H and O–H groups in total. The van der Waals surface area contributed by atoms with Gasteiger partial charge in [0, 0.05) is 26.2 Å². The molecule has 18 heavy (non-hydrogen) atoms. The lowest BCUT2D eigenvalue weighted by Gasteiger charge is -2.32. The van der Waals surface area contributed by atoms with E-state index in [9.17, 15) is 13.2 Å². The number of hydrogen-bond donors (Lipinski definition) is 1. The maximum Gasteiger partial charge on any atom is 0.407 e. The topological polar surface area (TPSA) is 77.9 Å². The van der Waals surface area contributed by atoms with Gasteiger partial charge >= 0.3 is 6.09 Å². The average molecular weight is 270 g/mol. The predicted molar refractivity (Wildman–Crippen MR) is 64.8 cm³/mol. The zero-order valence-electron chi connectivity index (χ0n) is 9.69. The Morgan fingerprint density at radius 1 is 1.06 bits per heavy atom. The summed E-state index contributed by atoms with van der Waals surface area (Å²) in [6, 6.07) is 8.17. The van der Waals surface area contributed by atoms with Crippen LogP contribution in [0.25, 0.3) is 0 Å². The van der Waals surface area contributed by atoms with Crippen LogP contribution in [0.15, 0.2) is 35.2 Å². The molecule has 0 aliphatic carbocycles. The van der Waals surface area contributed by atoms with E-state index >= 15 is 0 Å². The molecule has 0 radical (unpaired) electrons. The van der Waals surface area contributed by atoms with Crippen LogP contribution in [0.1, 0.15) is 0 Å². The van der Waals surface area contributed by atoms with E-state index in [0.717, 1.165) is 0 Å². The molecule has 1 heterocycles. The van der Waals surface area contributed by atoms with E-state index in [-0.39, 0.29) is 31.1 Å². The van der Waals surface area contributed by atoms with Crippen molar-refractivity contribution in [1.29, 1.82) is 0 Å². The molecule has 0 atom stereocenters. The van der Waals surface area contributed by atoms with Gasteiger partial charge < -0.3 is 10.0 Å². The van der Waals surface area contributed by atoms with Crippen molar-refractivity contribution in [1.82, 2.24) is 9.21 Å². The second-order valence-electron chi connectivity index (χ2n) is 3.99. The van der Waals surface area contributed by atoms with Crippen LogP contribution in [-0.4, -0.2) is 55.0 Å². The summed E-state index contributed by atoms with van der Waals surface area (Å²) in [5.74, 6) is 0. The molecule has 1 aromatic rings. The molecule has 0 unspecified atom stereocenters. The number of amides is 1. The Balaban J connectivity index is 2.12. The van der Waals surface area contributed by atoms with Gasteiger partial charge in [-0.15, -0.1) is 0 Å². The van der Waals surface area contributed by atoms with Crippen molar-refractivity contribution < 1.29 is 18.3 Å². The van der Waals surface area contributed by atoms with Crippen LogP contribution in [0.5, 0.6) is 0 Å². The first-order valence-corrected chi connectivity index (χ1v) is 6.99. The van der Waals surface area contributed by atoms with Gasteiger partial charge in [0.1, 0.15) is 0 Å². The highest BCUT2D eigenvalue weighted by molar-refractivity contribution is 7.89. The van der Waals surface area contributed by atoms with Gasteiger partial charge in [0.2, 0.25) is 10.0 Å². The van der Waals surface area contributed by atoms with Gasteiger partial charge in [-0.25, -0.2) is 13.2 Å². The zero-order chi connectivity index (χ0) is 13.2. The summed E-state index contributed by atoms with van der Waals surface area (Å²) in [6.45, 7) is 0.815. The third-order valence-corrected chi connectivity index (χ3v) is 4.80. The maximum absolute atomic E-state index is 12.2. The van der Waals surface area contributed by atoms with Crippen molar-refractivity contribution in [2.75, 3.05) is 26.2 Å². The second kappa shape index (κ2) is 4.95. The lowest BCUT2D eigenvalue weighted by atomic mass is 10.4. The summed E-state index contributed by atoms with van der Waals surface area (Å²) in [5, 5.41) is 8.80. The van der Waals surface area contributed by atoms with Crippen molar-refractivity contribution >= 4 is 16.1 Å². The fourth-order valence-electron chi connectivity index (χ4n) is 1.86. The van der Waals surface area contributed by atoms with Crippen molar-refractivity contribution in [3.63, 3.8) is 0 Å². The van der Waals surface area contributed by atoms with Gasteiger partial charge in [0.05, 0.1) is 4.90 Å². The number of nitrogens with zero attached hydrogens (tertiary/aromatic N) is 2. The largest absolute Gasteiger partial charge is 0.465 e. The molecule has 1 aromatic carbocycles. The summed E-state index contributed by atoms with van der Waals surface area (Å²) in [7, 11) is -3.50. The fourth-order valence-corrected chi connectivity index (χ4v) is 3.30. The van der Waals surface area contributed by atoms with Crippen molar-refractivity contribution in [2.24, 2.45) is 0 Å². The Morgan fingerprint density at radius 2 is 1.61 bits per heavy atom. The number of rotatable bonds is 2. The number of hydrogen-bond acceptors (Lipinski definition) is 3. The Hall–Kier alpha value is -1.60. The van der Waals surface area contributed by atoms with E-state index in [1.807, 2.05) is 0 Å². The summed E-state index contributed by atoms with van der Waals surface area (Å²) in [4.78, 5) is 12.2. The Labute approximate surface area is 105 Å². The molecule has 0 aromatic heterocycles. The van der Waals surface area contributed by atoms with Gasteiger partial charge in [-0.1, -0.05) is 18.2 Å². The van der Waals surface area contributed by atoms with Crippen LogP contribution in [0, 0.1) is 0 Å². The molecule has 0 spiro atoms. The maximum atomic E-state index is 12.2. The van der Waals surface area contributed by atoms with Gasteiger partial charge in [-0.2, -0.15) is 4.31 Å². The Bertz CT molecular complexity index is 521. The molecule has 2 rings (SSSR count). The highest BCUT2D eigenvalue weighted by Crippen LogP contribution is 2.16. The van der Waals surface area contributed by atoms with Crippen LogP contribution in [0.3, 0.4) is 0 Å². The van der Waals surface area contributed by atoms with Crippen molar-refractivity contribution in [3.05, 3.63) is 30.3 Å². The highest BCUT2D eigenvalue weighted by Gasteiger charge is 2.29. The molecule has 7 heteroatoms. The number of benzene rings is 1. The first-order valence-electron chi connectivity index (χ1n) is 5.55. The second-order valence-corrected chi connectivity index (χ2v) is 5.92. The van der Waals surface area contributed by atoms with E-state index in [1.165, 1.54) is 9.21 Å². The van der Waals surface area contributed by atoms with Gasteiger partial charge in [-0.05, 0) is 12.1 Å². The number of sulfonamides is 1. The van der Waals surface area contributed by atoms with E-state index in [1.54, 1.807) is 30.3 Å². The minimum Gasteiger partial charge on any atom is -0.465 e. The molecule has 6 nitrogen and oxygen atoms in total. The lowest BCUT2D eigenvalue weighted by Crippen LogP contribution is -2.50. The van der Waals surface area contributed by atoms with Crippen molar-refractivity contribution in [3.8, 4) is 0 Å². The Kier molecular flexibility index (Phi) is 3.53. The quantitative estimate of drug-likeness (QED) is 0.856. The third-order valence-electron chi connectivity index (χ3n) is 2.89. The zero-order valence-corrected chi connectivity index (χ0v) is 10.5. The molecule has 0 saturated carbocycles. The minimum absolute atomic E-state index is 0.198. The monoisotopic (exact) mass is 270 g/mol.